The Morgan fingerprint density at radius 2 is 2.00 bits per heavy atom. The quantitative estimate of drug-likeness (QED) is 0.193. The molecule has 0 N–H and O–H groups in total. The van der Waals surface area contributed by atoms with Gasteiger partial charge >= 0.3 is 0 Å². The number of thiocarbonyl (C=S) groups is 1. The zero-order valence-electron chi connectivity index (χ0n) is 20.3. The van der Waals surface area contributed by atoms with Gasteiger partial charge in [0.15, 0.2) is 0 Å². The number of para-hydroxylation sites is 1. The number of rotatable bonds is 9. The predicted molar refractivity (Wildman–Crippen MR) is 148 cm³/mol. The van der Waals surface area contributed by atoms with Crippen molar-refractivity contribution in [3.8, 4) is 22.7 Å². The van der Waals surface area contributed by atoms with Gasteiger partial charge in [-0.1, -0.05) is 55.5 Å². The molecule has 2 saturated heterocycles. The summed E-state index contributed by atoms with van der Waals surface area (Å²) >= 11 is 6.89. The van der Waals surface area contributed by atoms with Gasteiger partial charge in [-0.3, -0.25) is 9.69 Å². The summed E-state index contributed by atoms with van der Waals surface area (Å²) in [6, 6.07) is 17.9. The number of benzene rings is 2. The lowest BCUT2D eigenvalue weighted by Gasteiger charge is -2.18. The fourth-order valence-electron chi connectivity index (χ4n) is 4.26. The van der Waals surface area contributed by atoms with Crippen molar-refractivity contribution in [2.45, 2.75) is 38.7 Å². The number of hydrogen-bond donors (Lipinski definition) is 0. The largest absolute Gasteiger partial charge is 0.494 e. The van der Waals surface area contributed by atoms with E-state index >= 15 is 0 Å². The van der Waals surface area contributed by atoms with Crippen LogP contribution in [0.4, 0.5) is 0 Å². The van der Waals surface area contributed by atoms with Crippen LogP contribution in [0.3, 0.4) is 0 Å². The number of carbonyl (C=O) groups excluding carboxylic acids is 1. The van der Waals surface area contributed by atoms with Crippen LogP contribution < -0.4 is 4.74 Å². The second-order valence-electron chi connectivity index (χ2n) is 8.87. The van der Waals surface area contributed by atoms with E-state index in [-0.39, 0.29) is 12.0 Å². The maximum absolute atomic E-state index is 13.3. The van der Waals surface area contributed by atoms with Crippen molar-refractivity contribution in [2.24, 2.45) is 0 Å². The zero-order valence-corrected chi connectivity index (χ0v) is 21.9. The average Bonchev–Trinajstić information content (AvgIpc) is 3.63. The zero-order chi connectivity index (χ0) is 24.9. The molecule has 0 spiro atoms. The van der Waals surface area contributed by atoms with Crippen molar-refractivity contribution in [1.29, 1.82) is 0 Å². The van der Waals surface area contributed by atoms with Crippen LogP contribution >= 0.6 is 24.0 Å². The van der Waals surface area contributed by atoms with Crippen molar-refractivity contribution in [3.05, 3.63) is 71.3 Å². The molecule has 8 heteroatoms. The summed E-state index contributed by atoms with van der Waals surface area (Å²) in [5, 5.41) is 4.89. The first-order valence-electron chi connectivity index (χ1n) is 12.4. The molecule has 2 aromatic carbocycles. The van der Waals surface area contributed by atoms with E-state index in [9.17, 15) is 4.79 Å². The second kappa shape index (κ2) is 11.4. The third kappa shape index (κ3) is 5.56. The molecular weight excluding hydrogens is 490 g/mol. The molecule has 3 heterocycles. The van der Waals surface area contributed by atoms with E-state index in [1.165, 1.54) is 11.8 Å². The highest BCUT2D eigenvalue weighted by molar-refractivity contribution is 8.26. The molecule has 36 heavy (non-hydrogen) atoms. The van der Waals surface area contributed by atoms with Gasteiger partial charge in [-0.25, -0.2) is 4.68 Å². The first-order chi connectivity index (χ1) is 17.6. The van der Waals surface area contributed by atoms with Crippen molar-refractivity contribution in [1.82, 2.24) is 14.7 Å². The Hall–Kier alpha value is -2.94. The van der Waals surface area contributed by atoms with E-state index in [1.54, 1.807) is 4.90 Å². The minimum absolute atomic E-state index is 0.0568. The Labute approximate surface area is 221 Å². The molecule has 5 rings (SSSR count). The summed E-state index contributed by atoms with van der Waals surface area (Å²) in [5.41, 5.74) is 3.55. The van der Waals surface area contributed by atoms with E-state index in [4.69, 9.17) is 26.8 Å². The minimum atomic E-state index is -0.0708. The highest BCUT2D eigenvalue weighted by atomic mass is 32.2. The molecule has 2 aliphatic rings. The Balaban J connectivity index is 1.45. The number of amides is 1. The van der Waals surface area contributed by atoms with E-state index in [2.05, 4.69) is 6.92 Å². The average molecular weight is 520 g/mol. The maximum atomic E-state index is 13.3. The number of nitrogens with zero attached hydrogens (tertiary/aromatic N) is 3. The number of aromatic nitrogens is 2. The highest BCUT2D eigenvalue weighted by Crippen LogP contribution is 2.36. The molecule has 0 radical (unpaired) electrons. The molecule has 0 aliphatic carbocycles. The molecule has 186 valence electrons. The fourth-order valence-corrected chi connectivity index (χ4v) is 5.53. The van der Waals surface area contributed by atoms with Gasteiger partial charge in [0, 0.05) is 23.9 Å². The Morgan fingerprint density at radius 3 is 2.72 bits per heavy atom. The lowest BCUT2D eigenvalue weighted by molar-refractivity contribution is -0.123. The van der Waals surface area contributed by atoms with Crippen LogP contribution in [0.15, 0.2) is 65.7 Å². The molecule has 6 nitrogen and oxygen atoms in total. The third-order valence-corrected chi connectivity index (χ3v) is 7.61. The first kappa shape index (κ1) is 24.7. The van der Waals surface area contributed by atoms with E-state index < -0.39 is 0 Å². The van der Waals surface area contributed by atoms with Crippen LogP contribution in [0.5, 0.6) is 5.75 Å². The van der Waals surface area contributed by atoms with Crippen molar-refractivity contribution < 1.29 is 14.3 Å². The lowest BCUT2D eigenvalue weighted by Crippen LogP contribution is -2.35. The highest BCUT2D eigenvalue weighted by Gasteiger charge is 2.35. The summed E-state index contributed by atoms with van der Waals surface area (Å²) in [7, 11) is 0. The fraction of sp³-hybridized carbons (Fsp3) is 0.321. The van der Waals surface area contributed by atoms with Crippen LogP contribution in [0, 0.1) is 0 Å². The molecule has 3 aromatic rings. The molecule has 1 amide bonds. The van der Waals surface area contributed by atoms with Crippen molar-refractivity contribution >= 4 is 40.3 Å². The number of unbranched alkanes of at least 4 members (excludes halogenated alkanes) is 1. The Morgan fingerprint density at radius 1 is 1.19 bits per heavy atom. The van der Waals surface area contributed by atoms with Crippen LogP contribution in [0.2, 0.25) is 0 Å². The maximum Gasteiger partial charge on any atom is 0.266 e. The smallest absolute Gasteiger partial charge is 0.266 e. The topological polar surface area (TPSA) is 56.6 Å². The van der Waals surface area contributed by atoms with Gasteiger partial charge in [0.25, 0.3) is 5.91 Å². The number of thioether (sulfide) groups is 1. The molecule has 0 saturated carbocycles. The number of ether oxygens (including phenoxy) is 2. The van der Waals surface area contributed by atoms with Crippen LogP contribution in [0.1, 0.15) is 38.2 Å². The van der Waals surface area contributed by atoms with Gasteiger partial charge in [0.2, 0.25) is 0 Å². The summed E-state index contributed by atoms with van der Waals surface area (Å²) in [6.07, 6.45) is 8.03. The molecule has 0 bridgehead atoms. The van der Waals surface area contributed by atoms with E-state index in [0.29, 0.717) is 22.4 Å². The van der Waals surface area contributed by atoms with E-state index in [1.807, 2.05) is 71.6 Å². The SMILES string of the molecule is CCCCOc1ccc(-c2nn(-c3ccccc3)cc2C=C2SC(=S)N(CC3CCCO3)C2=O)cc1. The molecule has 1 aromatic heterocycles. The van der Waals surface area contributed by atoms with Gasteiger partial charge in [-0.15, -0.1) is 0 Å². The Kier molecular flexibility index (Phi) is 7.84. The van der Waals surface area contributed by atoms with Crippen LogP contribution in [-0.2, 0) is 9.53 Å². The summed E-state index contributed by atoms with van der Waals surface area (Å²) in [6.45, 7) is 4.11. The Bertz CT molecular complexity index is 1250. The normalized spacial score (nSPS) is 19.0. The van der Waals surface area contributed by atoms with Gasteiger partial charge in [0.05, 0.1) is 35.5 Å². The second-order valence-corrected chi connectivity index (χ2v) is 10.5. The standard InChI is InChI=1S/C28H29N3O3S2/c1-2-3-15-33-23-13-11-20(12-14-23)26-21(18-31(29-26)22-8-5-4-6-9-22)17-25-27(32)30(28(35)36-25)19-24-10-7-16-34-24/h4-6,8-9,11-14,17-18,24H,2-3,7,10,15-16,19H2,1H3. The van der Waals surface area contributed by atoms with Crippen LogP contribution in [0.25, 0.3) is 23.0 Å². The van der Waals surface area contributed by atoms with Gasteiger partial charge in [-0.05, 0) is 61.7 Å². The number of carbonyl (C=O) groups is 1. The molecule has 1 atom stereocenters. The summed E-state index contributed by atoms with van der Waals surface area (Å²) in [5.74, 6) is 0.768. The van der Waals surface area contributed by atoms with Crippen molar-refractivity contribution in [3.63, 3.8) is 0 Å². The number of hydrogen-bond acceptors (Lipinski definition) is 6. The molecular formula is C28H29N3O3S2. The summed E-state index contributed by atoms with van der Waals surface area (Å²) < 4.78 is 14.0. The third-order valence-electron chi connectivity index (χ3n) is 6.23. The van der Waals surface area contributed by atoms with E-state index in [0.717, 1.165) is 60.5 Å². The first-order valence-corrected chi connectivity index (χ1v) is 13.6. The molecule has 1 unspecified atom stereocenters. The minimum Gasteiger partial charge on any atom is -0.494 e. The van der Waals surface area contributed by atoms with Gasteiger partial charge in [0.1, 0.15) is 10.1 Å². The molecule has 2 fully saturated rings. The summed E-state index contributed by atoms with van der Waals surface area (Å²) in [4.78, 5) is 15.5. The van der Waals surface area contributed by atoms with Gasteiger partial charge in [-0.2, -0.15) is 5.10 Å². The van der Waals surface area contributed by atoms with Gasteiger partial charge < -0.3 is 9.47 Å². The van der Waals surface area contributed by atoms with Crippen molar-refractivity contribution in [2.75, 3.05) is 19.8 Å². The van der Waals surface area contributed by atoms with Crippen LogP contribution in [-0.4, -0.2) is 50.8 Å². The predicted octanol–water partition coefficient (Wildman–Crippen LogP) is 6.10. The molecule has 2 aliphatic heterocycles. The lowest BCUT2D eigenvalue weighted by atomic mass is 10.1. The monoisotopic (exact) mass is 519 g/mol.